The molecule has 1 atom stereocenters. The summed E-state index contributed by atoms with van der Waals surface area (Å²) in [6, 6.07) is 7.37. The molecule has 1 saturated heterocycles. The van der Waals surface area contributed by atoms with E-state index in [4.69, 9.17) is 9.72 Å². The van der Waals surface area contributed by atoms with Crippen LogP contribution in [0.1, 0.15) is 35.2 Å². The predicted molar refractivity (Wildman–Crippen MR) is 99.5 cm³/mol. The lowest BCUT2D eigenvalue weighted by atomic mass is 10.1. The third-order valence-electron chi connectivity index (χ3n) is 4.92. The number of aryl methyl sites for hydroxylation is 1. The molecule has 4 rings (SSSR count). The predicted octanol–water partition coefficient (Wildman–Crippen LogP) is 3.08. The Morgan fingerprint density at radius 2 is 2.23 bits per heavy atom. The summed E-state index contributed by atoms with van der Waals surface area (Å²) in [5.41, 5.74) is 3.72. The van der Waals surface area contributed by atoms with Gasteiger partial charge in [0.2, 0.25) is 0 Å². The minimum absolute atomic E-state index is 0.102. The average Bonchev–Trinajstić information content (AvgIpc) is 3.02. The molecule has 1 aliphatic heterocycles. The van der Waals surface area contributed by atoms with Crippen molar-refractivity contribution in [1.82, 2.24) is 14.5 Å². The second-order valence-electron chi connectivity index (χ2n) is 6.80. The monoisotopic (exact) mass is 351 g/mol. The topological polar surface area (TPSA) is 77.0 Å². The van der Waals surface area contributed by atoms with Crippen LogP contribution in [0.3, 0.4) is 0 Å². The first-order valence-corrected chi connectivity index (χ1v) is 8.92. The number of carbonyl (C=O) groups is 1. The van der Waals surface area contributed by atoms with E-state index < -0.39 is 0 Å². The van der Waals surface area contributed by atoms with Crippen LogP contribution in [0.15, 0.2) is 35.3 Å². The molecular weight excluding hydrogens is 330 g/mol. The van der Waals surface area contributed by atoms with E-state index >= 15 is 0 Å². The Hall–Kier alpha value is -2.73. The van der Waals surface area contributed by atoms with Gasteiger partial charge in [-0.1, -0.05) is 0 Å². The number of carbonyl (C=O) groups excluding carboxylic acids is 1. The molecule has 0 aliphatic carbocycles. The SMILES string of the molecule is Cc1cc(-c2nc3cc(C=O)ccc3n2CC2CCCCO2)c[nH]c1=O. The number of hydrogen-bond donors (Lipinski definition) is 1. The van der Waals surface area contributed by atoms with Crippen LogP contribution in [0, 0.1) is 6.92 Å². The van der Waals surface area contributed by atoms with Crippen molar-refractivity contribution in [3.63, 3.8) is 0 Å². The molecule has 3 heterocycles. The first-order valence-electron chi connectivity index (χ1n) is 8.92. The normalized spacial score (nSPS) is 17.5. The maximum atomic E-state index is 11.7. The summed E-state index contributed by atoms with van der Waals surface area (Å²) in [4.78, 5) is 30.4. The van der Waals surface area contributed by atoms with Crippen LogP contribution in [0.5, 0.6) is 0 Å². The highest BCUT2D eigenvalue weighted by Gasteiger charge is 2.20. The van der Waals surface area contributed by atoms with Crippen molar-refractivity contribution < 1.29 is 9.53 Å². The number of benzene rings is 1. The number of H-pyrrole nitrogens is 1. The Balaban J connectivity index is 1.85. The third-order valence-corrected chi connectivity index (χ3v) is 4.92. The standard InChI is InChI=1S/C20H21N3O3/c1-13-8-15(10-21-20(13)25)19-22-17-9-14(12-24)5-6-18(17)23(19)11-16-4-2-3-7-26-16/h5-6,8-10,12,16H,2-4,7,11H2,1H3,(H,21,25). The summed E-state index contributed by atoms with van der Waals surface area (Å²) < 4.78 is 8.05. The van der Waals surface area contributed by atoms with Gasteiger partial charge >= 0.3 is 0 Å². The molecule has 26 heavy (non-hydrogen) atoms. The van der Waals surface area contributed by atoms with Crippen molar-refractivity contribution >= 4 is 17.3 Å². The van der Waals surface area contributed by atoms with E-state index in [1.807, 2.05) is 12.1 Å². The van der Waals surface area contributed by atoms with Crippen molar-refractivity contribution in [2.24, 2.45) is 0 Å². The first kappa shape index (κ1) is 16.7. The summed E-state index contributed by atoms with van der Waals surface area (Å²) in [5, 5.41) is 0. The van der Waals surface area contributed by atoms with Crippen molar-refractivity contribution in [1.29, 1.82) is 0 Å². The van der Waals surface area contributed by atoms with Crippen LogP contribution in [-0.2, 0) is 11.3 Å². The fourth-order valence-corrected chi connectivity index (χ4v) is 3.51. The number of pyridine rings is 1. The number of hydrogen-bond acceptors (Lipinski definition) is 4. The molecule has 1 aliphatic rings. The van der Waals surface area contributed by atoms with E-state index in [9.17, 15) is 9.59 Å². The van der Waals surface area contributed by atoms with E-state index in [2.05, 4.69) is 9.55 Å². The molecular formula is C20H21N3O3. The lowest BCUT2D eigenvalue weighted by Crippen LogP contribution is -2.24. The van der Waals surface area contributed by atoms with E-state index in [1.165, 1.54) is 6.42 Å². The van der Waals surface area contributed by atoms with Crippen molar-refractivity contribution in [2.75, 3.05) is 6.61 Å². The van der Waals surface area contributed by atoms with Gasteiger partial charge in [0.05, 0.1) is 23.7 Å². The Bertz CT molecular complexity index is 1010. The van der Waals surface area contributed by atoms with E-state index in [-0.39, 0.29) is 11.7 Å². The molecule has 0 amide bonds. The summed E-state index contributed by atoms with van der Waals surface area (Å²) in [7, 11) is 0. The van der Waals surface area contributed by atoms with Crippen molar-refractivity contribution in [2.45, 2.75) is 38.8 Å². The Morgan fingerprint density at radius 1 is 1.35 bits per heavy atom. The molecule has 1 unspecified atom stereocenters. The molecule has 0 spiro atoms. The quantitative estimate of drug-likeness (QED) is 0.733. The van der Waals surface area contributed by atoms with Crippen LogP contribution in [-0.4, -0.2) is 33.5 Å². The molecule has 134 valence electrons. The molecule has 1 aromatic carbocycles. The highest BCUT2D eigenvalue weighted by Crippen LogP contribution is 2.27. The number of aromatic amines is 1. The minimum atomic E-state index is -0.102. The van der Waals surface area contributed by atoms with E-state index in [0.717, 1.165) is 48.2 Å². The number of fused-ring (bicyclic) bond motifs is 1. The smallest absolute Gasteiger partial charge is 0.250 e. The molecule has 3 aromatic rings. The van der Waals surface area contributed by atoms with Gasteiger partial charge in [0, 0.05) is 29.5 Å². The van der Waals surface area contributed by atoms with Gasteiger partial charge in [-0.2, -0.15) is 0 Å². The van der Waals surface area contributed by atoms with Gasteiger partial charge in [0.15, 0.2) is 0 Å². The van der Waals surface area contributed by atoms with Gasteiger partial charge in [-0.05, 0) is 50.5 Å². The van der Waals surface area contributed by atoms with Crippen LogP contribution in [0.2, 0.25) is 0 Å². The summed E-state index contributed by atoms with van der Waals surface area (Å²) >= 11 is 0. The fourth-order valence-electron chi connectivity index (χ4n) is 3.51. The minimum Gasteiger partial charge on any atom is -0.376 e. The van der Waals surface area contributed by atoms with Gasteiger partial charge in [0.1, 0.15) is 12.1 Å². The maximum Gasteiger partial charge on any atom is 0.250 e. The van der Waals surface area contributed by atoms with Gasteiger partial charge < -0.3 is 14.3 Å². The molecule has 0 bridgehead atoms. The number of nitrogens with one attached hydrogen (secondary N) is 1. The van der Waals surface area contributed by atoms with E-state index in [1.54, 1.807) is 25.3 Å². The summed E-state index contributed by atoms with van der Waals surface area (Å²) in [6.07, 6.45) is 5.96. The molecule has 1 fully saturated rings. The second kappa shape index (κ2) is 6.88. The molecule has 0 radical (unpaired) electrons. The van der Waals surface area contributed by atoms with Crippen molar-refractivity contribution in [3.8, 4) is 11.4 Å². The highest BCUT2D eigenvalue weighted by molar-refractivity contribution is 5.87. The molecule has 2 aromatic heterocycles. The number of aldehydes is 1. The maximum absolute atomic E-state index is 11.7. The Kier molecular flexibility index (Phi) is 4.42. The zero-order chi connectivity index (χ0) is 18.1. The van der Waals surface area contributed by atoms with Crippen LogP contribution in [0.4, 0.5) is 0 Å². The molecule has 1 N–H and O–H groups in total. The van der Waals surface area contributed by atoms with Crippen molar-refractivity contribution in [3.05, 3.63) is 51.9 Å². The number of rotatable bonds is 4. The molecule has 0 saturated carbocycles. The van der Waals surface area contributed by atoms with Gasteiger partial charge in [-0.3, -0.25) is 9.59 Å². The average molecular weight is 351 g/mol. The Labute approximate surface area is 150 Å². The lowest BCUT2D eigenvalue weighted by Gasteiger charge is -2.24. The fraction of sp³-hybridized carbons (Fsp3) is 0.350. The van der Waals surface area contributed by atoms with Gasteiger partial charge in [-0.15, -0.1) is 0 Å². The van der Waals surface area contributed by atoms with E-state index in [0.29, 0.717) is 17.7 Å². The van der Waals surface area contributed by atoms with Crippen LogP contribution < -0.4 is 5.56 Å². The summed E-state index contributed by atoms with van der Waals surface area (Å²) in [5.74, 6) is 0.775. The highest BCUT2D eigenvalue weighted by atomic mass is 16.5. The van der Waals surface area contributed by atoms with Gasteiger partial charge in [0.25, 0.3) is 5.56 Å². The Morgan fingerprint density at radius 3 is 2.96 bits per heavy atom. The van der Waals surface area contributed by atoms with Crippen LogP contribution in [0.25, 0.3) is 22.4 Å². The number of nitrogens with zero attached hydrogens (tertiary/aromatic N) is 2. The zero-order valence-electron chi connectivity index (χ0n) is 14.7. The number of imidazole rings is 1. The third kappa shape index (κ3) is 3.08. The number of ether oxygens (including phenoxy) is 1. The lowest BCUT2D eigenvalue weighted by molar-refractivity contribution is 0.00686. The molecule has 6 nitrogen and oxygen atoms in total. The number of aromatic nitrogens is 3. The second-order valence-corrected chi connectivity index (χ2v) is 6.80. The summed E-state index contributed by atoms with van der Waals surface area (Å²) in [6.45, 7) is 3.27. The van der Waals surface area contributed by atoms with Crippen LogP contribution >= 0.6 is 0 Å². The van der Waals surface area contributed by atoms with Gasteiger partial charge in [-0.25, -0.2) is 4.98 Å². The molecule has 6 heteroatoms. The largest absolute Gasteiger partial charge is 0.376 e. The first-order chi connectivity index (χ1) is 12.7. The zero-order valence-corrected chi connectivity index (χ0v) is 14.7.